The molecule has 2 fully saturated rings. The van der Waals surface area contributed by atoms with Crippen LogP contribution >= 0.6 is 23.3 Å². The minimum atomic E-state index is 0.493. The summed E-state index contributed by atoms with van der Waals surface area (Å²) >= 11 is 7.05. The molecule has 1 aliphatic carbocycles. The summed E-state index contributed by atoms with van der Waals surface area (Å²) in [6, 6.07) is 1.35. The Kier molecular flexibility index (Phi) is 2.54. The molecule has 1 saturated heterocycles. The number of aromatic nitrogens is 2. The highest BCUT2D eigenvalue weighted by Crippen LogP contribution is 2.31. The van der Waals surface area contributed by atoms with Gasteiger partial charge in [0.1, 0.15) is 0 Å². The van der Waals surface area contributed by atoms with E-state index >= 15 is 0 Å². The smallest absolute Gasteiger partial charge is 0.186 e. The van der Waals surface area contributed by atoms with Gasteiger partial charge in [0.25, 0.3) is 0 Å². The van der Waals surface area contributed by atoms with E-state index in [1.807, 2.05) is 0 Å². The molecule has 0 radical (unpaired) electrons. The first kappa shape index (κ1) is 9.81. The Morgan fingerprint density at radius 2 is 2.20 bits per heavy atom. The summed E-state index contributed by atoms with van der Waals surface area (Å²) in [6.07, 6.45) is 3.95. The number of likely N-dealkylation sites (tertiary alicyclic amines) is 1. The largest absolute Gasteiger partial charge is 0.363 e. The highest BCUT2D eigenvalue weighted by atomic mass is 35.5. The molecule has 1 aromatic heterocycles. The Bertz CT molecular complexity index is 352. The normalized spacial score (nSPS) is 27.1. The van der Waals surface area contributed by atoms with E-state index in [9.17, 15) is 0 Å². The lowest BCUT2D eigenvalue weighted by atomic mass is 10.3. The van der Waals surface area contributed by atoms with E-state index in [0.717, 1.165) is 30.1 Å². The van der Waals surface area contributed by atoms with Gasteiger partial charge < -0.3 is 5.32 Å². The van der Waals surface area contributed by atoms with Crippen LogP contribution in [-0.4, -0.2) is 38.8 Å². The van der Waals surface area contributed by atoms with Gasteiger partial charge in [-0.25, -0.2) is 0 Å². The van der Waals surface area contributed by atoms with E-state index < -0.39 is 0 Å². The average molecular weight is 245 g/mol. The maximum Gasteiger partial charge on any atom is 0.186 e. The van der Waals surface area contributed by atoms with Crippen molar-refractivity contribution >= 4 is 29.1 Å². The van der Waals surface area contributed by atoms with E-state index in [1.54, 1.807) is 0 Å². The number of halogens is 1. The van der Waals surface area contributed by atoms with Gasteiger partial charge in [-0.15, -0.1) is 0 Å². The number of hydrogen-bond acceptors (Lipinski definition) is 5. The van der Waals surface area contributed by atoms with Crippen LogP contribution in [0.2, 0.25) is 5.15 Å². The van der Waals surface area contributed by atoms with Gasteiger partial charge in [-0.05, 0) is 19.3 Å². The van der Waals surface area contributed by atoms with Crippen LogP contribution in [0, 0.1) is 0 Å². The number of nitrogens with one attached hydrogen (secondary N) is 1. The second-order valence-corrected chi connectivity index (χ2v) is 5.15. The number of hydrogen-bond donors (Lipinski definition) is 1. The second kappa shape index (κ2) is 3.88. The van der Waals surface area contributed by atoms with Gasteiger partial charge in [-0.3, -0.25) is 4.90 Å². The summed E-state index contributed by atoms with van der Waals surface area (Å²) < 4.78 is 8.08. The van der Waals surface area contributed by atoms with Gasteiger partial charge in [0, 0.05) is 25.2 Å². The van der Waals surface area contributed by atoms with Crippen molar-refractivity contribution in [2.75, 3.05) is 18.4 Å². The topological polar surface area (TPSA) is 41.1 Å². The van der Waals surface area contributed by atoms with E-state index in [0.29, 0.717) is 11.2 Å². The highest BCUT2D eigenvalue weighted by Gasteiger charge is 2.34. The Morgan fingerprint density at radius 1 is 1.33 bits per heavy atom. The first-order valence-electron chi connectivity index (χ1n) is 5.31. The van der Waals surface area contributed by atoms with Crippen LogP contribution in [0.1, 0.15) is 19.3 Å². The Balaban J connectivity index is 1.58. The molecule has 15 heavy (non-hydrogen) atoms. The first-order chi connectivity index (χ1) is 7.33. The molecule has 1 aromatic rings. The van der Waals surface area contributed by atoms with Crippen molar-refractivity contribution in [3.8, 4) is 0 Å². The summed E-state index contributed by atoms with van der Waals surface area (Å²) in [4.78, 5) is 2.56. The fraction of sp³-hybridized carbons (Fsp3) is 0.778. The molecule has 1 unspecified atom stereocenters. The fourth-order valence-corrected chi connectivity index (χ4v) is 2.79. The van der Waals surface area contributed by atoms with Crippen molar-refractivity contribution in [2.24, 2.45) is 0 Å². The molecular weight excluding hydrogens is 232 g/mol. The van der Waals surface area contributed by atoms with Gasteiger partial charge in [0.05, 0.1) is 11.7 Å². The van der Waals surface area contributed by atoms with Gasteiger partial charge in [0.2, 0.25) is 0 Å². The van der Waals surface area contributed by atoms with Crippen LogP contribution in [-0.2, 0) is 0 Å². The molecule has 6 heteroatoms. The van der Waals surface area contributed by atoms with Crippen LogP contribution in [0.3, 0.4) is 0 Å². The average Bonchev–Trinajstić information content (AvgIpc) is 2.86. The lowest BCUT2D eigenvalue weighted by Crippen LogP contribution is -2.27. The SMILES string of the molecule is Clc1nsnc1NC1CCN(C2CC2)C1. The monoisotopic (exact) mass is 244 g/mol. The molecule has 2 aliphatic rings. The molecule has 1 atom stereocenters. The summed E-state index contributed by atoms with van der Waals surface area (Å²) in [5, 5.41) is 3.87. The van der Waals surface area contributed by atoms with Crippen LogP contribution in [0.25, 0.3) is 0 Å². The first-order valence-corrected chi connectivity index (χ1v) is 6.42. The zero-order valence-electron chi connectivity index (χ0n) is 8.32. The molecule has 82 valence electrons. The standard InChI is InChI=1S/C9H13ClN4S/c10-8-9(13-15-12-8)11-6-3-4-14(5-6)7-1-2-7/h6-7H,1-5H2,(H,11,13). The van der Waals surface area contributed by atoms with Crippen molar-refractivity contribution in [3.05, 3.63) is 5.15 Å². The van der Waals surface area contributed by atoms with Gasteiger partial charge in [-0.2, -0.15) is 8.75 Å². The molecule has 3 rings (SSSR count). The molecule has 1 N–H and O–H groups in total. The number of rotatable bonds is 3. The summed E-state index contributed by atoms with van der Waals surface area (Å²) in [7, 11) is 0. The lowest BCUT2D eigenvalue weighted by molar-refractivity contribution is 0.326. The Morgan fingerprint density at radius 3 is 2.87 bits per heavy atom. The number of nitrogens with zero attached hydrogens (tertiary/aromatic N) is 3. The molecule has 0 amide bonds. The van der Waals surface area contributed by atoms with Crippen molar-refractivity contribution in [1.29, 1.82) is 0 Å². The van der Waals surface area contributed by atoms with Gasteiger partial charge >= 0.3 is 0 Å². The van der Waals surface area contributed by atoms with Gasteiger partial charge in [0.15, 0.2) is 11.0 Å². The van der Waals surface area contributed by atoms with E-state index in [2.05, 4.69) is 19.0 Å². The molecule has 0 aromatic carbocycles. The number of anilines is 1. The third-order valence-electron chi connectivity index (χ3n) is 3.07. The quantitative estimate of drug-likeness (QED) is 0.881. The lowest BCUT2D eigenvalue weighted by Gasteiger charge is -2.15. The van der Waals surface area contributed by atoms with Crippen LogP contribution in [0.15, 0.2) is 0 Å². The minimum Gasteiger partial charge on any atom is -0.363 e. The minimum absolute atomic E-state index is 0.493. The summed E-state index contributed by atoms with van der Waals surface area (Å²) in [5.41, 5.74) is 0. The maximum absolute atomic E-state index is 5.89. The van der Waals surface area contributed by atoms with E-state index in [-0.39, 0.29) is 0 Å². The van der Waals surface area contributed by atoms with Crippen LogP contribution < -0.4 is 5.32 Å². The van der Waals surface area contributed by atoms with Crippen LogP contribution in [0.5, 0.6) is 0 Å². The van der Waals surface area contributed by atoms with Crippen molar-refractivity contribution < 1.29 is 0 Å². The second-order valence-electron chi connectivity index (χ2n) is 4.26. The molecule has 1 saturated carbocycles. The molecule has 0 bridgehead atoms. The van der Waals surface area contributed by atoms with Crippen LogP contribution in [0.4, 0.5) is 5.82 Å². The molecule has 0 spiro atoms. The van der Waals surface area contributed by atoms with Gasteiger partial charge in [-0.1, -0.05) is 11.6 Å². The predicted octanol–water partition coefficient (Wildman–Crippen LogP) is 1.84. The zero-order valence-corrected chi connectivity index (χ0v) is 9.89. The summed E-state index contributed by atoms with van der Waals surface area (Å²) in [5.74, 6) is 0.754. The van der Waals surface area contributed by atoms with Crippen molar-refractivity contribution in [3.63, 3.8) is 0 Å². The predicted molar refractivity (Wildman–Crippen MR) is 61.5 cm³/mol. The Labute approximate surface area is 97.9 Å². The van der Waals surface area contributed by atoms with E-state index in [4.69, 9.17) is 11.6 Å². The molecule has 1 aliphatic heterocycles. The molecule has 2 heterocycles. The third-order valence-corrected chi connectivity index (χ3v) is 3.96. The molecular formula is C9H13ClN4S. The van der Waals surface area contributed by atoms with E-state index in [1.165, 1.54) is 25.8 Å². The summed E-state index contributed by atoms with van der Waals surface area (Å²) in [6.45, 7) is 2.33. The molecule has 4 nitrogen and oxygen atoms in total. The Hall–Kier alpha value is -0.390. The third kappa shape index (κ3) is 2.09. The maximum atomic E-state index is 5.89. The zero-order chi connectivity index (χ0) is 10.3. The van der Waals surface area contributed by atoms with Crippen molar-refractivity contribution in [2.45, 2.75) is 31.3 Å². The fourth-order valence-electron chi connectivity index (χ4n) is 2.13. The highest BCUT2D eigenvalue weighted by molar-refractivity contribution is 6.99. The van der Waals surface area contributed by atoms with Crippen molar-refractivity contribution in [1.82, 2.24) is 13.6 Å².